The van der Waals surface area contributed by atoms with Crippen molar-refractivity contribution in [2.24, 2.45) is 0 Å². The van der Waals surface area contributed by atoms with Crippen LogP contribution >= 0.6 is 35.1 Å². The van der Waals surface area contributed by atoms with Gasteiger partial charge in [-0.25, -0.2) is 0 Å². The van der Waals surface area contributed by atoms with Crippen molar-refractivity contribution in [1.82, 2.24) is 10.2 Å². The Labute approximate surface area is 145 Å². The average molecular weight is 357 g/mol. The molecule has 0 saturated carbocycles. The molecule has 1 aromatic rings. The zero-order chi connectivity index (χ0) is 15.4. The van der Waals surface area contributed by atoms with E-state index in [2.05, 4.69) is 10.2 Å². The van der Waals surface area contributed by atoms with Gasteiger partial charge in [-0.1, -0.05) is 23.7 Å². The lowest BCUT2D eigenvalue weighted by Gasteiger charge is -2.37. The summed E-state index contributed by atoms with van der Waals surface area (Å²) in [5, 5.41) is 4.20. The quantitative estimate of drug-likeness (QED) is 0.902. The first-order valence-corrected chi connectivity index (χ1v) is 10.4. The van der Waals surface area contributed by atoms with E-state index in [0.717, 1.165) is 41.1 Å². The number of rotatable bonds is 3. The fourth-order valence-corrected chi connectivity index (χ4v) is 5.11. The number of hydrogen-bond donors (Lipinski definition) is 1. The van der Waals surface area contributed by atoms with Gasteiger partial charge in [0.25, 0.3) is 0 Å². The standard InChI is InChI=1S/C16H21ClN2OS2/c17-13-3-1-12(2-4-13)15-11-22-8-6-19(15)16(20)9-14-10-21-7-5-18-14/h1-4,14-15,18H,5-11H2. The molecular weight excluding hydrogens is 336 g/mol. The van der Waals surface area contributed by atoms with Gasteiger partial charge >= 0.3 is 0 Å². The van der Waals surface area contributed by atoms with E-state index in [1.54, 1.807) is 0 Å². The van der Waals surface area contributed by atoms with Crippen LogP contribution in [0.15, 0.2) is 24.3 Å². The van der Waals surface area contributed by atoms with E-state index in [-0.39, 0.29) is 11.9 Å². The Balaban J connectivity index is 1.68. The molecule has 6 heteroatoms. The molecule has 0 bridgehead atoms. The molecule has 22 heavy (non-hydrogen) atoms. The number of halogens is 1. The number of nitrogens with zero attached hydrogens (tertiary/aromatic N) is 1. The molecule has 2 saturated heterocycles. The van der Waals surface area contributed by atoms with Gasteiger partial charge in [0.1, 0.15) is 0 Å². The van der Waals surface area contributed by atoms with Gasteiger partial charge in [0, 0.05) is 53.6 Å². The Kier molecular flexibility index (Phi) is 5.96. The van der Waals surface area contributed by atoms with Crippen molar-refractivity contribution >= 4 is 41.0 Å². The summed E-state index contributed by atoms with van der Waals surface area (Å²) in [5.41, 5.74) is 1.19. The Hall–Kier alpha value is -0.360. The lowest BCUT2D eigenvalue weighted by Crippen LogP contribution is -2.46. The molecule has 120 valence electrons. The maximum atomic E-state index is 12.8. The van der Waals surface area contributed by atoms with Crippen LogP contribution in [0.25, 0.3) is 0 Å². The van der Waals surface area contributed by atoms with Crippen molar-refractivity contribution in [2.45, 2.75) is 18.5 Å². The molecule has 2 unspecified atom stereocenters. The first kappa shape index (κ1) is 16.5. The minimum absolute atomic E-state index is 0.180. The average Bonchev–Trinajstić information content (AvgIpc) is 2.56. The highest BCUT2D eigenvalue weighted by atomic mass is 35.5. The molecule has 0 radical (unpaired) electrons. The molecule has 2 atom stereocenters. The summed E-state index contributed by atoms with van der Waals surface area (Å²) in [7, 11) is 0. The summed E-state index contributed by atoms with van der Waals surface area (Å²) in [6, 6.07) is 8.43. The van der Waals surface area contributed by atoms with E-state index >= 15 is 0 Å². The third-order valence-electron chi connectivity index (χ3n) is 4.12. The Bertz CT molecular complexity index is 505. The molecule has 0 aromatic heterocycles. The summed E-state index contributed by atoms with van der Waals surface area (Å²) >= 11 is 9.84. The van der Waals surface area contributed by atoms with Crippen LogP contribution in [0, 0.1) is 0 Å². The fraction of sp³-hybridized carbons (Fsp3) is 0.562. The van der Waals surface area contributed by atoms with Crippen LogP contribution < -0.4 is 5.32 Å². The normalized spacial score (nSPS) is 26.0. The van der Waals surface area contributed by atoms with E-state index in [9.17, 15) is 4.79 Å². The maximum Gasteiger partial charge on any atom is 0.224 e. The van der Waals surface area contributed by atoms with Gasteiger partial charge in [0.05, 0.1) is 6.04 Å². The first-order chi connectivity index (χ1) is 10.7. The second kappa shape index (κ2) is 7.95. The molecule has 3 rings (SSSR count). The van der Waals surface area contributed by atoms with Crippen LogP contribution in [0.4, 0.5) is 0 Å². The van der Waals surface area contributed by atoms with Gasteiger partial charge in [-0.2, -0.15) is 23.5 Å². The van der Waals surface area contributed by atoms with E-state index < -0.39 is 0 Å². The molecule has 1 N–H and O–H groups in total. The Morgan fingerprint density at radius 3 is 2.73 bits per heavy atom. The summed E-state index contributed by atoms with van der Waals surface area (Å²) < 4.78 is 0. The molecule has 2 fully saturated rings. The smallest absolute Gasteiger partial charge is 0.224 e. The predicted molar refractivity (Wildman–Crippen MR) is 97.0 cm³/mol. The molecule has 2 aliphatic rings. The van der Waals surface area contributed by atoms with Gasteiger partial charge in [0.2, 0.25) is 5.91 Å². The van der Waals surface area contributed by atoms with E-state index in [4.69, 9.17) is 11.6 Å². The van der Waals surface area contributed by atoms with Crippen molar-refractivity contribution in [3.63, 3.8) is 0 Å². The lowest BCUT2D eigenvalue weighted by atomic mass is 10.1. The van der Waals surface area contributed by atoms with Crippen molar-refractivity contribution in [1.29, 1.82) is 0 Å². The molecule has 0 spiro atoms. The van der Waals surface area contributed by atoms with Crippen molar-refractivity contribution in [3.8, 4) is 0 Å². The van der Waals surface area contributed by atoms with Gasteiger partial charge in [-0.15, -0.1) is 0 Å². The Morgan fingerprint density at radius 2 is 2.00 bits per heavy atom. The van der Waals surface area contributed by atoms with Crippen molar-refractivity contribution in [2.75, 3.05) is 36.1 Å². The van der Waals surface area contributed by atoms with Crippen LogP contribution in [0.3, 0.4) is 0 Å². The zero-order valence-corrected chi connectivity index (χ0v) is 14.9. The third kappa shape index (κ3) is 4.13. The second-order valence-electron chi connectivity index (χ2n) is 5.66. The number of thioether (sulfide) groups is 2. The third-order valence-corrected chi connectivity index (χ3v) is 6.53. The van der Waals surface area contributed by atoms with Gasteiger partial charge in [-0.05, 0) is 17.7 Å². The SMILES string of the molecule is O=C(CC1CSCCN1)N1CCSCC1c1ccc(Cl)cc1. The van der Waals surface area contributed by atoms with Crippen LogP contribution in [-0.2, 0) is 4.79 Å². The number of amides is 1. The number of nitrogens with one attached hydrogen (secondary N) is 1. The summed E-state index contributed by atoms with van der Waals surface area (Å²) in [4.78, 5) is 14.8. The largest absolute Gasteiger partial charge is 0.334 e. The summed E-state index contributed by atoms with van der Waals surface area (Å²) in [5.74, 6) is 4.47. The molecule has 1 aromatic carbocycles. The zero-order valence-electron chi connectivity index (χ0n) is 12.5. The van der Waals surface area contributed by atoms with Gasteiger partial charge < -0.3 is 10.2 Å². The fourth-order valence-electron chi connectivity index (χ4n) is 2.94. The van der Waals surface area contributed by atoms with Crippen molar-refractivity contribution < 1.29 is 4.79 Å². The van der Waals surface area contributed by atoms with Crippen LogP contribution in [0.1, 0.15) is 18.0 Å². The van der Waals surface area contributed by atoms with Crippen molar-refractivity contribution in [3.05, 3.63) is 34.9 Å². The lowest BCUT2D eigenvalue weighted by molar-refractivity contribution is -0.133. The molecule has 0 aliphatic carbocycles. The molecule has 2 aliphatic heterocycles. The topological polar surface area (TPSA) is 32.3 Å². The molecule has 3 nitrogen and oxygen atoms in total. The number of carbonyl (C=O) groups excluding carboxylic acids is 1. The highest BCUT2D eigenvalue weighted by molar-refractivity contribution is 7.99. The van der Waals surface area contributed by atoms with Gasteiger partial charge in [-0.3, -0.25) is 4.79 Å². The highest BCUT2D eigenvalue weighted by Gasteiger charge is 2.30. The first-order valence-electron chi connectivity index (χ1n) is 7.68. The molecule has 2 heterocycles. The van der Waals surface area contributed by atoms with Crippen LogP contribution in [-0.4, -0.2) is 52.9 Å². The molecule has 1 amide bonds. The minimum atomic E-state index is 0.180. The van der Waals surface area contributed by atoms with Crippen LogP contribution in [0.5, 0.6) is 0 Å². The number of benzene rings is 1. The summed E-state index contributed by atoms with van der Waals surface area (Å²) in [6.45, 7) is 1.86. The highest BCUT2D eigenvalue weighted by Crippen LogP contribution is 2.31. The summed E-state index contributed by atoms with van der Waals surface area (Å²) in [6.07, 6.45) is 0.613. The predicted octanol–water partition coefficient (Wildman–Crippen LogP) is 3.05. The number of carbonyl (C=O) groups is 1. The monoisotopic (exact) mass is 356 g/mol. The maximum absolute atomic E-state index is 12.8. The van der Waals surface area contributed by atoms with E-state index in [1.165, 1.54) is 5.56 Å². The Morgan fingerprint density at radius 1 is 1.23 bits per heavy atom. The van der Waals surface area contributed by atoms with E-state index in [1.807, 2.05) is 47.8 Å². The second-order valence-corrected chi connectivity index (χ2v) is 8.40. The van der Waals surface area contributed by atoms with Gasteiger partial charge in [0.15, 0.2) is 0 Å². The van der Waals surface area contributed by atoms with Crippen LogP contribution in [0.2, 0.25) is 5.02 Å². The minimum Gasteiger partial charge on any atom is -0.334 e. The number of hydrogen-bond acceptors (Lipinski definition) is 4. The molecular formula is C16H21ClN2OS2. The van der Waals surface area contributed by atoms with E-state index in [0.29, 0.717) is 12.5 Å².